The summed E-state index contributed by atoms with van der Waals surface area (Å²) < 4.78 is 26.3. The molecule has 0 unspecified atom stereocenters. The number of hydrogen-bond donors (Lipinski definition) is 2. The van der Waals surface area contributed by atoms with Crippen molar-refractivity contribution in [3.63, 3.8) is 0 Å². The van der Waals surface area contributed by atoms with E-state index in [4.69, 9.17) is 5.26 Å². The van der Waals surface area contributed by atoms with Gasteiger partial charge < -0.3 is 5.11 Å². The molecule has 102 valence electrons. The Morgan fingerprint density at radius 1 is 1.10 bits per heavy atom. The van der Waals surface area contributed by atoms with E-state index in [0.717, 1.165) is 0 Å². The Kier molecular flexibility index (Phi) is 3.91. The van der Waals surface area contributed by atoms with Crippen LogP contribution in [0.25, 0.3) is 0 Å². The number of para-hydroxylation sites is 2. The smallest absolute Gasteiger partial charge is 0.237 e. The van der Waals surface area contributed by atoms with E-state index in [2.05, 4.69) is 4.72 Å². The van der Waals surface area contributed by atoms with E-state index in [0.29, 0.717) is 11.1 Å². The van der Waals surface area contributed by atoms with Crippen molar-refractivity contribution in [3.05, 3.63) is 59.7 Å². The molecule has 2 aromatic rings. The van der Waals surface area contributed by atoms with E-state index in [-0.39, 0.29) is 17.2 Å². The third kappa shape index (κ3) is 3.49. The van der Waals surface area contributed by atoms with Gasteiger partial charge >= 0.3 is 0 Å². The molecule has 0 saturated heterocycles. The highest BCUT2D eigenvalue weighted by atomic mass is 32.2. The number of phenols is 1. The molecule has 0 aliphatic rings. The molecule has 2 aromatic carbocycles. The van der Waals surface area contributed by atoms with Crippen LogP contribution in [0.15, 0.2) is 48.5 Å². The summed E-state index contributed by atoms with van der Waals surface area (Å²) in [6.07, 6.45) is 0. The Hall–Kier alpha value is -2.52. The quantitative estimate of drug-likeness (QED) is 0.844. The first-order valence-corrected chi connectivity index (χ1v) is 7.43. The van der Waals surface area contributed by atoms with Crippen LogP contribution in [0.5, 0.6) is 5.75 Å². The molecular formula is C14H12N2O3S. The average molecular weight is 288 g/mol. The summed E-state index contributed by atoms with van der Waals surface area (Å²) in [4.78, 5) is 0. The number of aromatic hydroxyl groups is 1. The summed E-state index contributed by atoms with van der Waals surface area (Å²) in [6.45, 7) is 0. The molecule has 0 atom stereocenters. The number of nitrogens with zero attached hydrogens (tertiary/aromatic N) is 1. The second kappa shape index (κ2) is 5.63. The minimum Gasteiger partial charge on any atom is -0.506 e. The van der Waals surface area contributed by atoms with Crippen LogP contribution in [-0.4, -0.2) is 13.5 Å². The monoisotopic (exact) mass is 288 g/mol. The summed E-state index contributed by atoms with van der Waals surface area (Å²) in [6, 6.07) is 14.4. The highest BCUT2D eigenvalue weighted by Crippen LogP contribution is 2.23. The zero-order valence-electron chi connectivity index (χ0n) is 10.4. The molecule has 0 saturated carbocycles. The first-order valence-electron chi connectivity index (χ1n) is 5.78. The summed E-state index contributed by atoms with van der Waals surface area (Å²) in [7, 11) is -3.62. The lowest BCUT2D eigenvalue weighted by Gasteiger charge is -2.09. The van der Waals surface area contributed by atoms with Crippen LogP contribution in [0.4, 0.5) is 5.69 Å². The number of anilines is 1. The molecule has 5 nitrogen and oxygen atoms in total. The molecule has 0 bridgehead atoms. The molecule has 6 heteroatoms. The van der Waals surface area contributed by atoms with Crippen LogP contribution in [-0.2, 0) is 15.8 Å². The SMILES string of the molecule is N#Cc1ccc(CS(=O)(=O)Nc2ccccc2O)cc1. The fraction of sp³-hybridized carbons (Fsp3) is 0.0714. The number of rotatable bonds is 4. The lowest BCUT2D eigenvalue weighted by Crippen LogP contribution is -2.15. The van der Waals surface area contributed by atoms with Gasteiger partial charge in [-0.25, -0.2) is 8.42 Å². The third-order valence-corrected chi connectivity index (χ3v) is 3.85. The molecule has 0 fully saturated rings. The largest absolute Gasteiger partial charge is 0.506 e. The van der Waals surface area contributed by atoms with Gasteiger partial charge in [0, 0.05) is 0 Å². The number of benzene rings is 2. The van der Waals surface area contributed by atoms with Gasteiger partial charge in [0.25, 0.3) is 0 Å². The van der Waals surface area contributed by atoms with Gasteiger partial charge in [-0.05, 0) is 29.8 Å². The fourth-order valence-electron chi connectivity index (χ4n) is 1.66. The normalized spacial score (nSPS) is 10.8. The van der Waals surface area contributed by atoms with E-state index in [9.17, 15) is 13.5 Å². The highest BCUT2D eigenvalue weighted by molar-refractivity contribution is 7.91. The Morgan fingerprint density at radius 2 is 1.75 bits per heavy atom. The predicted molar refractivity (Wildman–Crippen MR) is 75.5 cm³/mol. The van der Waals surface area contributed by atoms with Crippen molar-refractivity contribution in [1.82, 2.24) is 0 Å². The van der Waals surface area contributed by atoms with Crippen molar-refractivity contribution in [2.45, 2.75) is 5.75 Å². The molecule has 2 rings (SSSR count). The minimum atomic E-state index is -3.62. The second-order valence-electron chi connectivity index (χ2n) is 4.19. The van der Waals surface area contributed by atoms with E-state index in [1.165, 1.54) is 12.1 Å². The lowest BCUT2D eigenvalue weighted by molar-refractivity contribution is 0.477. The van der Waals surface area contributed by atoms with Crippen molar-refractivity contribution >= 4 is 15.7 Å². The van der Waals surface area contributed by atoms with Crippen molar-refractivity contribution in [2.24, 2.45) is 0 Å². The van der Waals surface area contributed by atoms with Gasteiger partial charge in [-0.2, -0.15) is 5.26 Å². The maximum absolute atomic E-state index is 12.0. The van der Waals surface area contributed by atoms with Crippen LogP contribution in [0, 0.1) is 11.3 Å². The predicted octanol–water partition coefficient (Wildman–Crippen LogP) is 2.21. The van der Waals surface area contributed by atoms with Gasteiger partial charge in [-0.15, -0.1) is 0 Å². The van der Waals surface area contributed by atoms with E-state index < -0.39 is 10.0 Å². The summed E-state index contributed by atoms with van der Waals surface area (Å²) in [5, 5.41) is 18.2. The van der Waals surface area contributed by atoms with Crippen LogP contribution in [0.2, 0.25) is 0 Å². The van der Waals surface area contributed by atoms with Gasteiger partial charge in [0.1, 0.15) is 5.75 Å². The zero-order chi connectivity index (χ0) is 14.6. The van der Waals surface area contributed by atoms with E-state index in [1.807, 2.05) is 6.07 Å². The molecule has 0 heterocycles. The standard InChI is InChI=1S/C14H12N2O3S/c15-9-11-5-7-12(8-6-11)10-20(18,19)16-13-3-1-2-4-14(13)17/h1-8,16-17H,10H2. The first kappa shape index (κ1) is 13.9. The first-order chi connectivity index (χ1) is 9.50. The van der Waals surface area contributed by atoms with Crippen molar-refractivity contribution in [2.75, 3.05) is 4.72 Å². The molecule has 0 amide bonds. The van der Waals surface area contributed by atoms with Crippen LogP contribution in [0.3, 0.4) is 0 Å². The Morgan fingerprint density at radius 3 is 2.35 bits per heavy atom. The van der Waals surface area contributed by atoms with Crippen molar-refractivity contribution in [3.8, 4) is 11.8 Å². The van der Waals surface area contributed by atoms with E-state index in [1.54, 1.807) is 36.4 Å². The van der Waals surface area contributed by atoms with Gasteiger partial charge in [0.2, 0.25) is 10.0 Å². The van der Waals surface area contributed by atoms with Crippen LogP contribution in [0.1, 0.15) is 11.1 Å². The zero-order valence-corrected chi connectivity index (χ0v) is 11.3. The van der Waals surface area contributed by atoms with Crippen LogP contribution >= 0.6 is 0 Å². The van der Waals surface area contributed by atoms with Gasteiger partial charge in [0.15, 0.2) is 0 Å². The van der Waals surface area contributed by atoms with Crippen LogP contribution < -0.4 is 4.72 Å². The number of hydrogen-bond acceptors (Lipinski definition) is 4. The molecule has 0 aliphatic carbocycles. The number of nitrogens with one attached hydrogen (secondary N) is 1. The molecule has 0 radical (unpaired) electrons. The molecule has 0 spiro atoms. The number of sulfonamides is 1. The number of phenolic OH excluding ortho intramolecular Hbond substituents is 1. The lowest BCUT2D eigenvalue weighted by atomic mass is 10.2. The van der Waals surface area contributed by atoms with Crippen molar-refractivity contribution < 1.29 is 13.5 Å². The molecule has 20 heavy (non-hydrogen) atoms. The van der Waals surface area contributed by atoms with E-state index >= 15 is 0 Å². The third-order valence-electron chi connectivity index (χ3n) is 2.61. The summed E-state index contributed by atoms with van der Waals surface area (Å²) >= 11 is 0. The fourth-order valence-corrected chi connectivity index (χ4v) is 2.87. The summed E-state index contributed by atoms with van der Waals surface area (Å²) in [5.74, 6) is -0.358. The Labute approximate surface area is 117 Å². The molecule has 2 N–H and O–H groups in total. The van der Waals surface area contributed by atoms with Gasteiger partial charge in [-0.3, -0.25) is 4.72 Å². The van der Waals surface area contributed by atoms with Gasteiger partial charge in [-0.1, -0.05) is 24.3 Å². The maximum Gasteiger partial charge on any atom is 0.237 e. The Balaban J connectivity index is 2.15. The van der Waals surface area contributed by atoms with Gasteiger partial charge in [0.05, 0.1) is 23.1 Å². The summed E-state index contributed by atoms with van der Waals surface area (Å²) in [5.41, 5.74) is 1.17. The maximum atomic E-state index is 12.0. The Bertz CT molecular complexity index is 747. The van der Waals surface area contributed by atoms with Crippen molar-refractivity contribution in [1.29, 1.82) is 5.26 Å². The molecule has 0 aromatic heterocycles. The number of nitriles is 1. The minimum absolute atomic E-state index is 0.129. The molecular weight excluding hydrogens is 276 g/mol. The topological polar surface area (TPSA) is 90.2 Å². The highest BCUT2D eigenvalue weighted by Gasteiger charge is 2.13. The average Bonchev–Trinajstić information content (AvgIpc) is 2.41. The second-order valence-corrected chi connectivity index (χ2v) is 5.91. The molecule has 0 aliphatic heterocycles.